The van der Waals surface area contributed by atoms with Gasteiger partial charge in [0, 0.05) is 6.54 Å². The number of nitrogens with zero attached hydrogens (tertiary/aromatic N) is 3. The van der Waals surface area contributed by atoms with Crippen molar-refractivity contribution in [3.8, 4) is 0 Å². The van der Waals surface area contributed by atoms with Crippen molar-refractivity contribution in [1.82, 2.24) is 15.1 Å². The maximum Gasteiger partial charge on any atom is 0.285 e. The van der Waals surface area contributed by atoms with E-state index in [1.165, 1.54) is 0 Å². The Morgan fingerprint density at radius 1 is 1.71 bits per heavy atom. The molecular formula is C9H12ClN3O3S. The molecule has 0 bridgehead atoms. The average Bonchev–Trinajstić information content (AvgIpc) is 2.76. The van der Waals surface area contributed by atoms with Crippen LogP contribution >= 0.6 is 22.9 Å². The summed E-state index contributed by atoms with van der Waals surface area (Å²) in [7, 11) is 0. The summed E-state index contributed by atoms with van der Waals surface area (Å²) >= 11 is 6.69. The fourth-order valence-corrected chi connectivity index (χ4v) is 2.41. The molecule has 8 heteroatoms. The van der Waals surface area contributed by atoms with E-state index in [1.54, 1.807) is 4.90 Å². The smallest absolute Gasteiger partial charge is 0.285 e. The van der Waals surface area contributed by atoms with Gasteiger partial charge in [0.05, 0.1) is 25.4 Å². The Morgan fingerprint density at radius 3 is 3.06 bits per heavy atom. The first-order chi connectivity index (χ1) is 8.11. The SMILES string of the molecule is CC1COC(CO)CN1C(=O)c1nnc(Cl)s1. The maximum atomic E-state index is 12.1. The normalized spacial score (nSPS) is 25.0. The van der Waals surface area contributed by atoms with Gasteiger partial charge >= 0.3 is 0 Å². The lowest BCUT2D eigenvalue weighted by Crippen LogP contribution is -2.52. The number of ether oxygens (including phenoxy) is 1. The third-order valence-corrected chi connectivity index (χ3v) is 3.56. The topological polar surface area (TPSA) is 75.6 Å². The molecule has 0 aromatic carbocycles. The Labute approximate surface area is 107 Å². The molecule has 6 nitrogen and oxygen atoms in total. The zero-order valence-corrected chi connectivity index (χ0v) is 10.7. The quantitative estimate of drug-likeness (QED) is 0.848. The molecule has 0 radical (unpaired) electrons. The van der Waals surface area contributed by atoms with E-state index in [0.29, 0.717) is 13.2 Å². The number of aromatic nitrogens is 2. The van der Waals surface area contributed by atoms with Crippen molar-refractivity contribution in [1.29, 1.82) is 0 Å². The van der Waals surface area contributed by atoms with Gasteiger partial charge in [-0.05, 0) is 18.5 Å². The van der Waals surface area contributed by atoms with Crippen LogP contribution in [0.5, 0.6) is 0 Å². The number of halogens is 1. The van der Waals surface area contributed by atoms with Gasteiger partial charge in [-0.25, -0.2) is 0 Å². The second kappa shape index (κ2) is 5.26. The lowest BCUT2D eigenvalue weighted by Gasteiger charge is -2.36. The van der Waals surface area contributed by atoms with E-state index in [0.717, 1.165) is 11.3 Å². The molecule has 1 N–H and O–H groups in total. The fourth-order valence-electron chi connectivity index (χ4n) is 1.63. The predicted octanol–water partition coefficient (Wildman–Crippen LogP) is 0.413. The van der Waals surface area contributed by atoms with E-state index in [9.17, 15) is 4.79 Å². The van der Waals surface area contributed by atoms with Gasteiger partial charge in [0.25, 0.3) is 5.91 Å². The summed E-state index contributed by atoms with van der Waals surface area (Å²) < 4.78 is 5.60. The number of hydrogen-bond donors (Lipinski definition) is 1. The summed E-state index contributed by atoms with van der Waals surface area (Å²) in [5.41, 5.74) is 0. The van der Waals surface area contributed by atoms with Crippen LogP contribution in [0.25, 0.3) is 0 Å². The number of amides is 1. The molecule has 17 heavy (non-hydrogen) atoms. The average molecular weight is 278 g/mol. The highest BCUT2D eigenvalue weighted by Crippen LogP contribution is 2.20. The van der Waals surface area contributed by atoms with Crippen LogP contribution < -0.4 is 0 Å². The van der Waals surface area contributed by atoms with Crippen LogP contribution in [0.4, 0.5) is 0 Å². The highest BCUT2D eigenvalue weighted by molar-refractivity contribution is 7.17. The van der Waals surface area contributed by atoms with Crippen LogP contribution in [0.15, 0.2) is 0 Å². The minimum atomic E-state index is -0.335. The molecule has 0 saturated carbocycles. The summed E-state index contributed by atoms with van der Waals surface area (Å²) in [5.74, 6) is -0.219. The number of rotatable bonds is 2. The number of hydrogen-bond acceptors (Lipinski definition) is 6. The zero-order valence-electron chi connectivity index (χ0n) is 9.17. The summed E-state index contributed by atoms with van der Waals surface area (Å²) in [4.78, 5) is 13.7. The monoisotopic (exact) mass is 277 g/mol. The highest BCUT2D eigenvalue weighted by Gasteiger charge is 2.31. The van der Waals surface area contributed by atoms with Crippen molar-refractivity contribution in [2.45, 2.75) is 19.1 Å². The van der Waals surface area contributed by atoms with Gasteiger partial charge in [0.1, 0.15) is 0 Å². The molecule has 94 valence electrons. The molecule has 1 amide bonds. The van der Waals surface area contributed by atoms with Gasteiger partial charge in [-0.15, -0.1) is 10.2 Å². The zero-order chi connectivity index (χ0) is 12.4. The fraction of sp³-hybridized carbons (Fsp3) is 0.667. The van der Waals surface area contributed by atoms with E-state index >= 15 is 0 Å². The molecule has 1 aliphatic heterocycles. The van der Waals surface area contributed by atoms with Gasteiger partial charge in [0.15, 0.2) is 0 Å². The molecule has 2 rings (SSSR count). The molecule has 1 saturated heterocycles. The van der Waals surface area contributed by atoms with E-state index in [1.807, 2.05) is 6.92 Å². The van der Waals surface area contributed by atoms with Crippen molar-refractivity contribution in [2.24, 2.45) is 0 Å². The van der Waals surface area contributed by atoms with Gasteiger partial charge in [-0.2, -0.15) is 0 Å². The minimum Gasteiger partial charge on any atom is -0.394 e. The third kappa shape index (κ3) is 2.74. The standard InChI is InChI=1S/C9H12ClN3O3S/c1-5-4-16-6(3-14)2-13(5)8(15)7-11-12-9(10)17-7/h5-6,14H,2-4H2,1H3. The predicted molar refractivity (Wildman–Crippen MR) is 62.2 cm³/mol. The number of carbonyl (C=O) groups excluding carboxylic acids is 1. The first kappa shape index (κ1) is 12.7. The Hall–Kier alpha value is -0.760. The largest absolute Gasteiger partial charge is 0.394 e. The Morgan fingerprint density at radius 2 is 2.47 bits per heavy atom. The van der Waals surface area contributed by atoms with Gasteiger partial charge in [0.2, 0.25) is 9.47 Å². The van der Waals surface area contributed by atoms with Crippen molar-refractivity contribution in [2.75, 3.05) is 19.8 Å². The van der Waals surface area contributed by atoms with Crippen molar-refractivity contribution >= 4 is 28.8 Å². The van der Waals surface area contributed by atoms with E-state index in [-0.39, 0.29) is 34.1 Å². The minimum absolute atomic E-state index is 0.0482. The van der Waals surface area contributed by atoms with Crippen LogP contribution in [0.1, 0.15) is 16.7 Å². The third-order valence-electron chi connectivity index (χ3n) is 2.55. The van der Waals surface area contributed by atoms with Crippen LogP contribution in [0.3, 0.4) is 0 Å². The van der Waals surface area contributed by atoms with Crippen LogP contribution in [-0.4, -0.2) is 58.0 Å². The number of aliphatic hydroxyl groups excluding tert-OH is 1. The first-order valence-electron chi connectivity index (χ1n) is 5.14. The first-order valence-corrected chi connectivity index (χ1v) is 6.33. The molecule has 2 unspecified atom stereocenters. The van der Waals surface area contributed by atoms with Gasteiger partial charge < -0.3 is 14.7 Å². The van der Waals surface area contributed by atoms with Gasteiger partial charge in [-0.1, -0.05) is 11.3 Å². The molecule has 2 heterocycles. The van der Waals surface area contributed by atoms with Gasteiger partial charge in [-0.3, -0.25) is 4.79 Å². The Kier molecular flexibility index (Phi) is 3.93. The lowest BCUT2D eigenvalue weighted by molar-refractivity contribution is -0.0667. The second-order valence-corrected chi connectivity index (χ2v) is 5.36. The highest BCUT2D eigenvalue weighted by atomic mass is 35.5. The maximum absolute atomic E-state index is 12.1. The van der Waals surface area contributed by atoms with Crippen LogP contribution in [0.2, 0.25) is 4.47 Å². The van der Waals surface area contributed by atoms with Crippen LogP contribution in [0, 0.1) is 0 Å². The van der Waals surface area contributed by atoms with E-state index < -0.39 is 0 Å². The lowest BCUT2D eigenvalue weighted by atomic mass is 10.2. The molecule has 1 fully saturated rings. The van der Waals surface area contributed by atoms with Crippen molar-refractivity contribution in [3.63, 3.8) is 0 Å². The van der Waals surface area contributed by atoms with E-state index in [2.05, 4.69) is 10.2 Å². The Bertz CT molecular complexity index is 414. The summed E-state index contributed by atoms with van der Waals surface area (Å²) in [6.07, 6.45) is -0.335. The molecule has 1 aromatic rings. The number of aliphatic hydroxyl groups is 1. The molecule has 1 aromatic heterocycles. The van der Waals surface area contributed by atoms with Crippen molar-refractivity contribution in [3.05, 3.63) is 9.47 Å². The number of morpholine rings is 1. The molecule has 1 aliphatic rings. The summed E-state index contributed by atoms with van der Waals surface area (Å²) in [6, 6.07) is -0.0482. The summed E-state index contributed by atoms with van der Waals surface area (Å²) in [5, 5.41) is 16.6. The van der Waals surface area contributed by atoms with Crippen LogP contribution in [-0.2, 0) is 4.74 Å². The summed E-state index contributed by atoms with van der Waals surface area (Å²) in [6.45, 7) is 2.54. The molecule has 0 aliphatic carbocycles. The Balaban J connectivity index is 2.12. The molecule has 2 atom stereocenters. The van der Waals surface area contributed by atoms with E-state index in [4.69, 9.17) is 21.4 Å². The molecular weight excluding hydrogens is 266 g/mol. The number of carbonyl (C=O) groups is 1. The second-order valence-electron chi connectivity index (χ2n) is 3.80. The van der Waals surface area contributed by atoms with Crippen molar-refractivity contribution < 1.29 is 14.6 Å². The molecule has 0 spiro atoms.